The Morgan fingerprint density at radius 3 is 1.45 bits per heavy atom. The molecule has 0 aliphatic carbocycles. The van der Waals surface area contributed by atoms with E-state index in [0.717, 1.165) is 70.6 Å². The van der Waals surface area contributed by atoms with Crippen molar-refractivity contribution in [3.63, 3.8) is 0 Å². The topological polar surface area (TPSA) is 149 Å². The Balaban J connectivity index is 2.12. The number of allylic oxidation sites excluding steroid dienone is 13. The number of carbonyl (C=O) groups excluding carboxylic acids is 1. The largest absolute Gasteiger partial charge is 0.394 e. The fourth-order valence-corrected chi connectivity index (χ4v) is 7.96. The van der Waals surface area contributed by atoms with Gasteiger partial charge >= 0.3 is 0 Å². The van der Waals surface area contributed by atoms with Gasteiger partial charge in [-0.25, -0.2) is 0 Å². The van der Waals surface area contributed by atoms with E-state index < -0.39 is 49.5 Å². The van der Waals surface area contributed by atoms with Crippen LogP contribution in [0.25, 0.3) is 0 Å². The molecule has 1 aliphatic rings. The van der Waals surface area contributed by atoms with E-state index in [-0.39, 0.29) is 12.5 Å². The van der Waals surface area contributed by atoms with Crippen molar-refractivity contribution in [2.24, 2.45) is 0 Å². The van der Waals surface area contributed by atoms with Gasteiger partial charge in [-0.15, -0.1) is 0 Å². The minimum absolute atomic E-state index is 0.191. The first-order valence-electron chi connectivity index (χ1n) is 26.8. The van der Waals surface area contributed by atoms with Crippen molar-refractivity contribution in [2.45, 2.75) is 256 Å². The molecule has 7 atom stereocenters. The molecule has 1 rings (SSSR count). The molecule has 0 aromatic carbocycles. The van der Waals surface area contributed by atoms with Crippen LogP contribution in [0, 0.1) is 0 Å². The van der Waals surface area contributed by atoms with E-state index in [1.165, 1.54) is 122 Å². The summed E-state index contributed by atoms with van der Waals surface area (Å²) in [6, 6.07) is -0.822. The number of unbranched alkanes of at least 4 members (excludes halogenated alkanes) is 22. The van der Waals surface area contributed by atoms with Crippen LogP contribution in [0.5, 0.6) is 0 Å². The zero-order valence-electron chi connectivity index (χ0n) is 41.9. The molecule has 0 spiro atoms. The lowest BCUT2D eigenvalue weighted by molar-refractivity contribution is -0.302. The summed E-state index contributed by atoms with van der Waals surface area (Å²) in [5.41, 5.74) is 0. The summed E-state index contributed by atoms with van der Waals surface area (Å²) in [5, 5.41) is 54.2. The van der Waals surface area contributed by atoms with Gasteiger partial charge in [-0.3, -0.25) is 4.79 Å². The predicted octanol–water partition coefficient (Wildman–Crippen LogP) is 12.7. The highest BCUT2D eigenvalue weighted by atomic mass is 16.7. The van der Waals surface area contributed by atoms with E-state index in [1.807, 2.05) is 6.08 Å². The Kier molecular flexibility index (Phi) is 42.9. The number of hydrogen-bond acceptors (Lipinski definition) is 8. The zero-order chi connectivity index (χ0) is 48.0. The molecule has 0 radical (unpaired) electrons. The van der Waals surface area contributed by atoms with Gasteiger partial charge in [0.15, 0.2) is 6.29 Å². The smallest absolute Gasteiger partial charge is 0.220 e. The Bertz CT molecular complexity index is 1300. The highest BCUT2D eigenvalue weighted by Crippen LogP contribution is 2.23. The minimum atomic E-state index is -1.57. The van der Waals surface area contributed by atoms with E-state index in [4.69, 9.17) is 9.47 Å². The van der Waals surface area contributed by atoms with Crippen molar-refractivity contribution >= 4 is 5.91 Å². The van der Waals surface area contributed by atoms with Gasteiger partial charge in [0.2, 0.25) is 5.91 Å². The van der Waals surface area contributed by atoms with Crippen molar-refractivity contribution in [3.05, 3.63) is 85.1 Å². The summed E-state index contributed by atoms with van der Waals surface area (Å²) in [5.74, 6) is -0.191. The summed E-state index contributed by atoms with van der Waals surface area (Å²) in [6.45, 7) is 3.60. The van der Waals surface area contributed by atoms with Gasteiger partial charge in [0.05, 0.1) is 25.4 Å². The van der Waals surface area contributed by atoms with Crippen molar-refractivity contribution in [2.75, 3.05) is 13.2 Å². The summed E-state index contributed by atoms with van der Waals surface area (Å²) in [7, 11) is 0. The number of aliphatic hydroxyl groups excluding tert-OH is 5. The number of rotatable bonds is 44. The van der Waals surface area contributed by atoms with Crippen LogP contribution in [0.1, 0.15) is 213 Å². The second-order valence-corrected chi connectivity index (χ2v) is 18.3. The third-order valence-electron chi connectivity index (χ3n) is 12.2. The Morgan fingerprint density at radius 1 is 0.530 bits per heavy atom. The van der Waals surface area contributed by atoms with Crippen LogP contribution < -0.4 is 5.32 Å². The molecule has 7 unspecified atom stereocenters. The lowest BCUT2D eigenvalue weighted by atomic mass is 9.99. The Morgan fingerprint density at radius 2 is 0.955 bits per heavy atom. The highest BCUT2D eigenvalue weighted by Gasteiger charge is 2.44. The predicted molar refractivity (Wildman–Crippen MR) is 276 cm³/mol. The molecule has 9 nitrogen and oxygen atoms in total. The molecule has 1 heterocycles. The first-order chi connectivity index (χ1) is 32.3. The first kappa shape index (κ1) is 61.4. The van der Waals surface area contributed by atoms with Crippen LogP contribution in [-0.4, -0.2) is 87.5 Å². The number of amides is 1. The monoisotopic (exact) mass is 926 g/mol. The van der Waals surface area contributed by atoms with Gasteiger partial charge in [0.1, 0.15) is 24.4 Å². The third-order valence-corrected chi connectivity index (χ3v) is 12.2. The fourth-order valence-electron chi connectivity index (χ4n) is 7.96. The summed E-state index contributed by atoms with van der Waals surface area (Å²) < 4.78 is 11.2. The summed E-state index contributed by atoms with van der Waals surface area (Å²) in [6.07, 6.45) is 58.1. The molecular formula is C57H99NO8. The molecular weight excluding hydrogens is 827 g/mol. The number of nitrogens with one attached hydrogen (secondary N) is 1. The van der Waals surface area contributed by atoms with E-state index in [1.54, 1.807) is 6.08 Å². The SMILES string of the molecule is CC/C=C\C/C=C\C/C=C\C/C=C\C/C=C\CCCCCCCCCCCCCCCCCCCC(=O)NC(COC1OC(CO)C(O)C(O)C1O)C(O)/C=C/CC/C=C/CCCCCC. The minimum Gasteiger partial charge on any atom is -0.394 e. The highest BCUT2D eigenvalue weighted by molar-refractivity contribution is 5.76. The molecule has 1 saturated heterocycles. The lowest BCUT2D eigenvalue weighted by Gasteiger charge is -2.40. The van der Waals surface area contributed by atoms with E-state index in [9.17, 15) is 30.3 Å². The summed E-state index contributed by atoms with van der Waals surface area (Å²) in [4.78, 5) is 13.0. The van der Waals surface area contributed by atoms with Crippen molar-refractivity contribution in [1.29, 1.82) is 0 Å². The average Bonchev–Trinajstić information content (AvgIpc) is 3.32. The van der Waals surface area contributed by atoms with E-state index in [0.29, 0.717) is 6.42 Å². The Labute approximate surface area is 403 Å². The van der Waals surface area contributed by atoms with Crippen molar-refractivity contribution in [3.8, 4) is 0 Å². The molecule has 0 aromatic rings. The van der Waals surface area contributed by atoms with Gasteiger partial charge in [-0.1, -0.05) is 214 Å². The first-order valence-corrected chi connectivity index (χ1v) is 26.8. The lowest BCUT2D eigenvalue weighted by Crippen LogP contribution is -2.60. The second kappa shape index (κ2) is 46.1. The van der Waals surface area contributed by atoms with E-state index in [2.05, 4.69) is 92.1 Å². The third kappa shape index (κ3) is 35.5. The normalized spacial score (nSPS) is 20.5. The molecule has 1 amide bonds. The second-order valence-electron chi connectivity index (χ2n) is 18.3. The van der Waals surface area contributed by atoms with Crippen LogP contribution in [0.15, 0.2) is 85.1 Å². The van der Waals surface area contributed by atoms with Crippen LogP contribution >= 0.6 is 0 Å². The maximum absolute atomic E-state index is 13.0. The molecule has 1 aliphatic heterocycles. The van der Waals surface area contributed by atoms with Gasteiger partial charge in [-0.05, 0) is 77.0 Å². The van der Waals surface area contributed by atoms with Crippen LogP contribution in [-0.2, 0) is 14.3 Å². The Hall–Kier alpha value is -2.63. The van der Waals surface area contributed by atoms with Crippen LogP contribution in [0.2, 0.25) is 0 Å². The fraction of sp³-hybridized carbons (Fsp3) is 0.737. The van der Waals surface area contributed by atoms with Crippen molar-refractivity contribution in [1.82, 2.24) is 5.32 Å². The standard InChI is InChI=1S/C57H99NO8/c1-3-5-7-9-11-13-15-16-17-18-19-20-21-22-23-24-25-26-27-28-29-30-31-32-33-34-35-36-37-39-41-43-45-47-53(61)58-50(49-65-57-56(64)55(63)54(62)52(48-59)66-57)51(60)46-44-42-40-38-14-12-10-8-6-4-2/h5,7,11,13-14,16-17,19-20,22-23,38,44,46,50-52,54-57,59-60,62-64H,3-4,6,8-10,12,15,18,21,24-37,39-43,45,47-49H2,1-2H3,(H,58,61)/b7-5-,13-11-,17-16-,20-19-,23-22-,38-14+,46-44+. The molecule has 0 saturated carbocycles. The zero-order valence-corrected chi connectivity index (χ0v) is 41.9. The van der Waals surface area contributed by atoms with Gasteiger partial charge in [0, 0.05) is 6.42 Å². The molecule has 6 N–H and O–H groups in total. The van der Waals surface area contributed by atoms with Crippen molar-refractivity contribution < 1.29 is 39.8 Å². The summed E-state index contributed by atoms with van der Waals surface area (Å²) >= 11 is 0. The van der Waals surface area contributed by atoms with Gasteiger partial charge < -0.3 is 40.3 Å². The van der Waals surface area contributed by atoms with Gasteiger partial charge in [0.25, 0.3) is 0 Å². The molecule has 0 bridgehead atoms. The number of ether oxygens (including phenoxy) is 2. The molecule has 380 valence electrons. The molecule has 9 heteroatoms. The quantitative estimate of drug-likeness (QED) is 0.0261. The maximum atomic E-state index is 13.0. The number of hydrogen-bond donors (Lipinski definition) is 6. The maximum Gasteiger partial charge on any atom is 0.220 e. The van der Waals surface area contributed by atoms with E-state index >= 15 is 0 Å². The average molecular weight is 926 g/mol. The number of aliphatic hydroxyl groups is 5. The van der Waals surface area contributed by atoms with Crippen LogP contribution in [0.3, 0.4) is 0 Å². The molecule has 1 fully saturated rings. The van der Waals surface area contributed by atoms with Crippen LogP contribution in [0.4, 0.5) is 0 Å². The number of carbonyl (C=O) groups is 1. The molecule has 0 aromatic heterocycles. The van der Waals surface area contributed by atoms with Gasteiger partial charge in [-0.2, -0.15) is 0 Å². The molecule has 66 heavy (non-hydrogen) atoms.